The number of imidazole rings is 1. The molecule has 3 aromatic heterocycles. The zero-order valence-corrected chi connectivity index (χ0v) is 21.2. The van der Waals surface area contributed by atoms with E-state index in [2.05, 4.69) is 31.2 Å². The number of hydrogen-bond acceptors (Lipinski definition) is 8. The van der Waals surface area contributed by atoms with E-state index in [1.165, 1.54) is 13.4 Å². The van der Waals surface area contributed by atoms with Crippen LogP contribution in [0.2, 0.25) is 0 Å². The predicted octanol–water partition coefficient (Wildman–Crippen LogP) is 4.52. The number of oxazole rings is 2. The summed E-state index contributed by atoms with van der Waals surface area (Å²) >= 11 is 0. The molecule has 10 nitrogen and oxygen atoms in total. The van der Waals surface area contributed by atoms with Gasteiger partial charge in [-0.15, -0.1) is 6.42 Å². The highest BCUT2D eigenvalue weighted by atomic mass is 16.5. The number of ether oxygens (including phenoxy) is 1. The molecule has 0 unspecified atom stereocenters. The van der Waals surface area contributed by atoms with E-state index in [-0.39, 0.29) is 23.8 Å². The highest BCUT2D eigenvalue weighted by Crippen LogP contribution is 2.35. The van der Waals surface area contributed by atoms with Crippen LogP contribution in [0.4, 0.5) is 0 Å². The first kappa shape index (κ1) is 24.6. The first-order valence-corrected chi connectivity index (χ1v) is 12.3. The topological polar surface area (TPSA) is 136 Å². The van der Waals surface area contributed by atoms with Gasteiger partial charge in [-0.1, -0.05) is 30.2 Å². The molecule has 0 bridgehead atoms. The Labute approximate surface area is 227 Å². The van der Waals surface area contributed by atoms with Gasteiger partial charge in [0.25, 0.3) is 5.91 Å². The monoisotopic (exact) mass is 531 g/mol. The molecule has 0 saturated heterocycles. The molecule has 6 rings (SSSR count). The number of amides is 1. The average Bonchev–Trinajstić information content (AvgIpc) is 3.75. The summed E-state index contributed by atoms with van der Waals surface area (Å²) in [5.41, 5.74) is 4.39. The maximum Gasteiger partial charge on any atom is 0.328 e. The van der Waals surface area contributed by atoms with Crippen molar-refractivity contribution in [3.05, 3.63) is 90.0 Å². The number of fused-ring (bicyclic) bond motifs is 2. The number of aromatic nitrogens is 4. The van der Waals surface area contributed by atoms with Crippen LogP contribution < -0.4 is 5.32 Å². The van der Waals surface area contributed by atoms with Gasteiger partial charge in [0.15, 0.2) is 11.2 Å². The lowest BCUT2D eigenvalue weighted by atomic mass is 9.96. The Hall–Kier alpha value is -5.69. The minimum absolute atomic E-state index is 0.150. The largest absolute Gasteiger partial charge is 0.467 e. The lowest BCUT2D eigenvalue weighted by Gasteiger charge is -2.17. The third-order valence-electron chi connectivity index (χ3n) is 6.36. The van der Waals surface area contributed by atoms with Crippen LogP contribution in [-0.2, 0) is 16.0 Å². The molecule has 0 fully saturated rings. The van der Waals surface area contributed by atoms with E-state index < -0.39 is 17.9 Å². The molecule has 3 aromatic carbocycles. The van der Waals surface area contributed by atoms with E-state index in [9.17, 15) is 9.59 Å². The number of nitrogens with zero attached hydrogens (tertiary/aromatic N) is 3. The molecule has 196 valence electrons. The summed E-state index contributed by atoms with van der Waals surface area (Å²) in [5, 5.41) is 2.76. The standard InChI is InChI=1S/C30H21N5O5/c1-3-19-20(28-34-22-8-4-6-10-25(22)39-28)12-17(13-21(19)29-35-23-9-5-7-11-26(23)40-29)27(36)33-24(30(37)38-2)14-18-15-31-16-32-18/h1,4-13,15-16,24H,14H2,2H3,(H,31,32)(H,33,36)/t24-/m1/s1. The summed E-state index contributed by atoms with van der Waals surface area (Å²) in [4.78, 5) is 42.2. The Morgan fingerprint density at radius 1 is 1.00 bits per heavy atom. The van der Waals surface area contributed by atoms with Gasteiger partial charge >= 0.3 is 5.97 Å². The van der Waals surface area contributed by atoms with Gasteiger partial charge in [-0.25, -0.2) is 19.7 Å². The van der Waals surface area contributed by atoms with E-state index in [1.807, 2.05) is 36.4 Å². The van der Waals surface area contributed by atoms with Gasteiger partial charge in [-0.2, -0.15) is 0 Å². The number of aromatic amines is 1. The maximum atomic E-state index is 13.6. The Bertz CT molecular complexity index is 1750. The van der Waals surface area contributed by atoms with Gasteiger partial charge in [-0.05, 0) is 36.4 Å². The fourth-order valence-electron chi connectivity index (χ4n) is 4.43. The first-order chi connectivity index (χ1) is 19.5. The van der Waals surface area contributed by atoms with Crippen molar-refractivity contribution in [2.45, 2.75) is 12.5 Å². The molecule has 10 heteroatoms. The Morgan fingerprint density at radius 3 is 2.10 bits per heavy atom. The number of carbonyl (C=O) groups excluding carboxylic acids is 2. The Kier molecular flexibility index (Phi) is 6.30. The lowest BCUT2D eigenvalue weighted by Crippen LogP contribution is -2.43. The first-order valence-electron chi connectivity index (χ1n) is 12.3. The number of methoxy groups -OCH3 is 1. The molecule has 40 heavy (non-hydrogen) atoms. The number of carbonyl (C=O) groups is 2. The number of hydrogen-bond donors (Lipinski definition) is 2. The van der Waals surface area contributed by atoms with Gasteiger partial charge < -0.3 is 23.9 Å². The van der Waals surface area contributed by atoms with Crippen LogP contribution in [0.25, 0.3) is 45.1 Å². The van der Waals surface area contributed by atoms with Gasteiger partial charge in [0, 0.05) is 29.4 Å². The summed E-state index contributed by atoms with van der Waals surface area (Å²) < 4.78 is 17.0. The van der Waals surface area contributed by atoms with Crippen LogP contribution in [0.15, 0.2) is 82.0 Å². The minimum atomic E-state index is -0.981. The number of para-hydroxylation sites is 4. The molecule has 0 aliphatic carbocycles. The van der Waals surface area contributed by atoms with Crippen molar-refractivity contribution >= 4 is 34.1 Å². The fraction of sp³-hybridized carbons (Fsp3) is 0.100. The SMILES string of the molecule is C#Cc1c(-c2nc3ccccc3o2)cc(C(=O)N[C@H](Cc2cnc[nH]2)C(=O)OC)cc1-c1nc2ccccc2o1. The van der Waals surface area contributed by atoms with Gasteiger partial charge in [0.05, 0.1) is 24.6 Å². The molecule has 0 saturated carbocycles. The number of esters is 1. The number of terminal acetylenes is 1. The molecule has 1 amide bonds. The van der Waals surface area contributed by atoms with Gasteiger partial charge in [0.1, 0.15) is 17.1 Å². The van der Waals surface area contributed by atoms with Crippen molar-refractivity contribution in [1.82, 2.24) is 25.3 Å². The second kappa shape index (κ2) is 10.2. The number of rotatable bonds is 7. The average molecular weight is 532 g/mol. The predicted molar refractivity (Wildman–Crippen MR) is 146 cm³/mol. The molecule has 3 heterocycles. The Balaban J connectivity index is 1.48. The number of H-pyrrole nitrogens is 1. The summed E-state index contributed by atoms with van der Waals surface area (Å²) in [5.74, 6) is 1.99. The molecule has 1 atom stereocenters. The smallest absolute Gasteiger partial charge is 0.328 e. The van der Waals surface area contributed by atoms with E-state index >= 15 is 0 Å². The third-order valence-corrected chi connectivity index (χ3v) is 6.36. The normalized spacial score (nSPS) is 11.8. The molecule has 0 aliphatic heterocycles. The van der Waals surface area contributed by atoms with Crippen molar-refractivity contribution in [3.63, 3.8) is 0 Å². The highest BCUT2D eigenvalue weighted by Gasteiger charge is 2.26. The van der Waals surface area contributed by atoms with Gasteiger partial charge in [0.2, 0.25) is 11.8 Å². The van der Waals surface area contributed by atoms with Crippen molar-refractivity contribution < 1.29 is 23.2 Å². The quantitative estimate of drug-likeness (QED) is 0.227. The number of benzene rings is 3. The number of nitrogens with one attached hydrogen (secondary N) is 2. The van der Waals surface area contributed by atoms with Crippen LogP contribution in [0.5, 0.6) is 0 Å². The molecule has 0 spiro atoms. The summed E-state index contributed by atoms with van der Waals surface area (Å²) in [6.07, 6.45) is 9.20. The summed E-state index contributed by atoms with van der Waals surface area (Å²) in [6.45, 7) is 0. The summed E-state index contributed by atoms with van der Waals surface area (Å²) in [7, 11) is 1.26. The maximum absolute atomic E-state index is 13.6. The molecular weight excluding hydrogens is 510 g/mol. The molecule has 6 aromatic rings. The van der Waals surface area contributed by atoms with Crippen LogP contribution in [-0.4, -0.2) is 45.0 Å². The third kappa shape index (κ3) is 4.56. The van der Waals surface area contributed by atoms with Crippen molar-refractivity contribution in [2.75, 3.05) is 7.11 Å². The van der Waals surface area contributed by atoms with Crippen LogP contribution in [0.3, 0.4) is 0 Å². The fourth-order valence-corrected chi connectivity index (χ4v) is 4.43. The molecule has 0 aliphatic rings. The lowest BCUT2D eigenvalue weighted by molar-refractivity contribution is -0.142. The minimum Gasteiger partial charge on any atom is -0.467 e. The van der Waals surface area contributed by atoms with Crippen molar-refractivity contribution in [3.8, 4) is 35.3 Å². The van der Waals surface area contributed by atoms with E-state index in [0.717, 1.165) is 0 Å². The highest BCUT2D eigenvalue weighted by molar-refractivity contribution is 6.00. The molecule has 0 radical (unpaired) electrons. The zero-order valence-electron chi connectivity index (χ0n) is 21.2. The second-order valence-corrected chi connectivity index (χ2v) is 8.89. The van der Waals surface area contributed by atoms with Crippen LogP contribution in [0.1, 0.15) is 21.6 Å². The van der Waals surface area contributed by atoms with E-state index in [0.29, 0.717) is 44.6 Å². The van der Waals surface area contributed by atoms with Crippen molar-refractivity contribution in [1.29, 1.82) is 0 Å². The van der Waals surface area contributed by atoms with E-state index in [1.54, 1.807) is 30.5 Å². The second-order valence-electron chi connectivity index (χ2n) is 8.89. The van der Waals surface area contributed by atoms with Crippen LogP contribution >= 0.6 is 0 Å². The molecular formula is C30H21N5O5. The molecule has 2 N–H and O–H groups in total. The van der Waals surface area contributed by atoms with E-state index in [4.69, 9.17) is 20.0 Å². The summed E-state index contributed by atoms with van der Waals surface area (Å²) in [6, 6.07) is 16.7. The Morgan fingerprint density at radius 2 is 1.60 bits per heavy atom. The zero-order chi connectivity index (χ0) is 27.6. The van der Waals surface area contributed by atoms with Crippen LogP contribution in [0, 0.1) is 12.3 Å². The van der Waals surface area contributed by atoms with Crippen molar-refractivity contribution in [2.24, 2.45) is 0 Å². The van der Waals surface area contributed by atoms with Gasteiger partial charge in [-0.3, -0.25) is 4.79 Å².